The molecule has 4 aromatic rings. The number of pyridine rings is 1. The van der Waals surface area contributed by atoms with Crippen LogP contribution in [0.3, 0.4) is 0 Å². The van der Waals surface area contributed by atoms with Crippen LogP contribution in [0.25, 0.3) is 10.9 Å². The summed E-state index contributed by atoms with van der Waals surface area (Å²) in [5.74, 6) is 4.35. The molecule has 1 aliphatic carbocycles. The Balaban J connectivity index is 0.000000755. The molecule has 2 aromatic heterocycles. The molecule has 270 valence electrons. The van der Waals surface area contributed by atoms with E-state index in [1.807, 2.05) is 28.8 Å². The molecule has 0 bridgehead atoms. The lowest BCUT2D eigenvalue weighted by atomic mass is 9.90. The summed E-state index contributed by atoms with van der Waals surface area (Å²) in [6.45, 7) is 1.85. The van der Waals surface area contributed by atoms with Gasteiger partial charge in [-0.3, -0.25) is 4.79 Å². The number of methoxy groups -OCH3 is 2. The van der Waals surface area contributed by atoms with Gasteiger partial charge < -0.3 is 41.1 Å². The van der Waals surface area contributed by atoms with Crippen molar-refractivity contribution in [1.82, 2.24) is 14.5 Å². The average molecular weight is 711 g/mol. The summed E-state index contributed by atoms with van der Waals surface area (Å²) >= 11 is 0. The largest absolute Gasteiger partial charge is 0.493 e. The van der Waals surface area contributed by atoms with Crippen LogP contribution in [0.1, 0.15) is 71.3 Å². The maximum absolute atomic E-state index is 14.0. The van der Waals surface area contributed by atoms with Crippen LogP contribution in [0.4, 0.5) is 24.9 Å². The van der Waals surface area contributed by atoms with E-state index in [9.17, 15) is 22.8 Å². The first-order chi connectivity index (χ1) is 24.2. The molecule has 0 amide bonds. The molecule has 1 saturated carbocycles. The number of ether oxygens (including phenoxy) is 3. The maximum atomic E-state index is 14.0. The number of rotatable bonds is 7. The second kappa shape index (κ2) is 16.3. The van der Waals surface area contributed by atoms with E-state index < -0.39 is 23.5 Å². The summed E-state index contributed by atoms with van der Waals surface area (Å²) in [4.78, 5) is 44.2. The van der Waals surface area contributed by atoms with Crippen molar-refractivity contribution in [2.75, 3.05) is 32.3 Å². The number of alkyl halides is 3. The summed E-state index contributed by atoms with van der Waals surface area (Å²) < 4.78 is 50.0. The summed E-state index contributed by atoms with van der Waals surface area (Å²) in [7, 11) is 3.13. The SMILES string of the molecule is CCOC(=O)c1cn(C2CCC(N)CC2)c2cc(C#Cc3cccc(OC)c3OC)cc(Cc3cnc(N)nc3N)c2c1=O.O=C(O)C(F)(F)F. The zero-order chi connectivity index (χ0) is 37.5. The number of hydrogen-bond donors (Lipinski definition) is 4. The first-order valence-electron chi connectivity index (χ1n) is 15.7. The number of aromatic nitrogens is 3. The number of esters is 1. The fourth-order valence-electron chi connectivity index (χ4n) is 5.70. The molecule has 2 aromatic carbocycles. The highest BCUT2D eigenvalue weighted by Gasteiger charge is 2.38. The Morgan fingerprint density at radius 1 is 1.06 bits per heavy atom. The van der Waals surface area contributed by atoms with Gasteiger partial charge in [0.25, 0.3) is 0 Å². The molecule has 5 rings (SSSR count). The molecule has 1 fully saturated rings. The third-order valence-electron chi connectivity index (χ3n) is 8.13. The van der Waals surface area contributed by atoms with Crippen molar-refractivity contribution in [3.05, 3.63) is 80.8 Å². The van der Waals surface area contributed by atoms with E-state index in [2.05, 4.69) is 21.8 Å². The van der Waals surface area contributed by atoms with Gasteiger partial charge in [-0.2, -0.15) is 18.2 Å². The number of carboxylic acids is 1. The lowest BCUT2D eigenvalue weighted by Crippen LogP contribution is -2.30. The van der Waals surface area contributed by atoms with E-state index in [-0.39, 0.29) is 42.4 Å². The minimum absolute atomic E-state index is 0.0190. The number of fused-ring (bicyclic) bond motifs is 1. The smallest absolute Gasteiger partial charge is 0.490 e. The van der Waals surface area contributed by atoms with Crippen LogP contribution in [-0.2, 0) is 16.0 Å². The minimum Gasteiger partial charge on any atom is -0.493 e. The van der Waals surface area contributed by atoms with Gasteiger partial charge in [-0.15, -0.1) is 0 Å². The number of halogens is 3. The fraction of sp³-hybridized carbons (Fsp3) is 0.343. The number of anilines is 2. The van der Waals surface area contributed by atoms with E-state index in [1.165, 1.54) is 0 Å². The van der Waals surface area contributed by atoms with Crippen molar-refractivity contribution in [3.63, 3.8) is 0 Å². The molecule has 0 saturated heterocycles. The highest BCUT2D eigenvalue weighted by molar-refractivity contribution is 5.95. The van der Waals surface area contributed by atoms with Crippen molar-refractivity contribution >= 4 is 34.6 Å². The van der Waals surface area contributed by atoms with Crippen LogP contribution in [0.2, 0.25) is 0 Å². The molecule has 0 spiro atoms. The Hall–Kier alpha value is -5.82. The van der Waals surface area contributed by atoms with Crippen LogP contribution in [-0.4, -0.2) is 64.6 Å². The van der Waals surface area contributed by atoms with Crippen molar-refractivity contribution < 1.29 is 42.1 Å². The Morgan fingerprint density at radius 2 is 1.75 bits per heavy atom. The zero-order valence-electron chi connectivity index (χ0n) is 28.0. The number of hydrogen-bond acceptors (Lipinski definition) is 11. The molecule has 51 heavy (non-hydrogen) atoms. The van der Waals surface area contributed by atoms with Gasteiger partial charge in [0.2, 0.25) is 11.4 Å². The van der Waals surface area contributed by atoms with Gasteiger partial charge in [0.15, 0.2) is 11.5 Å². The molecule has 2 heterocycles. The van der Waals surface area contributed by atoms with E-state index in [1.54, 1.807) is 39.6 Å². The van der Waals surface area contributed by atoms with Crippen LogP contribution in [0, 0.1) is 11.8 Å². The molecule has 1 aliphatic rings. The van der Waals surface area contributed by atoms with Gasteiger partial charge in [-0.05, 0) is 62.4 Å². The molecule has 0 unspecified atom stereocenters. The van der Waals surface area contributed by atoms with E-state index in [0.717, 1.165) is 25.7 Å². The molecule has 16 heteroatoms. The third kappa shape index (κ3) is 9.05. The molecule has 7 N–H and O–H groups in total. The van der Waals surface area contributed by atoms with Crippen molar-refractivity contribution in [2.45, 2.75) is 57.3 Å². The zero-order valence-corrected chi connectivity index (χ0v) is 28.0. The Bertz CT molecular complexity index is 2050. The second-order valence-electron chi connectivity index (χ2n) is 11.5. The fourth-order valence-corrected chi connectivity index (χ4v) is 5.70. The van der Waals surface area contributed by atoms with E-state index in [0.29, 0.717) is 44.7 Å². The second-order valence-corrected chi connectivity index (χ2v) is 11.5. The Morgan fingerprint density at radius 3 is 2.33 bits per heavy atom. The predicted octanol–water partition coefficient (Wildman–Crippen LogP) is 4.22. The number of nitrogen functional groups attached to an aromatic ring is 2. The van der Waals surface area contributed by atoms with Gasteiger partial charge in [-0.25, -0.2) is 14.6 Å². The van der Waals surface area contributed by atoms with E-state index in [4.69, 9.17) is 41.3 Å². The van der Waals surface area contributed by atoms with Crippen LogP contribution in [0.5, 0.6) is 11.5 Å². The summed E-state index contributed by atoms with van der Waals surface area (Å²) in [5, 5.41) is 7.51. The molecular weight excluding hydrogens is 673 g/mol. The summed E-state index contributed by atoms with van der Waals surface area (Å²) in [6.07, 6.45) is 1.54. The highest BCUT2D eigenvalue weighted by atomic mass is 19.4. The number of nitrogens with two attached hydrogens (primary N) is 3. The van der Waals surface area contributed by atoms with Gasteiger partial charge in [0, 0.05) is 42.0 Å². The number of para-hydroxylation sites is 1. The first-order valence-corrected chi connectivity index (χ1v) is 15.7. The lowest BCUT2D eigenvalue weighted by Gasteiger charge is -2.30. The Kier molecular flexibility index (Phi) is 12.1. The molecular formula is C35H37F3N6O7. The first kappa shape index (κ1) is 38.0. The normalized spacial score (nSPS) is 15.5. The van der Waals surface area contributed by atoms with Gasteiger partial charge >= 0.3 is 18.1 Å². The quantitative estimate of drug-likeness (QED) is 0.157. The monoisotopic (exact) mass is 710 g/mol. The predicted molar refractivity (Wildman–Crippen MR) is 183 cm³/mol. The third-order valence-corrected chi connectivity index (χ3v) is 8.13. The van der Waals surface area contributed by atoms with Crippen LogP contribution in [0.15, 0.2) is 47.5 Å². The number of carbonyl (C=O) groups is 2. The number of benzene rings is 2. The molecule has 0 radical (unpaired) electrons. The van der Waals surface area contributed by atoms with Gasteiger partial charge in [0.05, 0.1) is 37.3 Å². The number of nitrogens with zero attached hydrogens (tertiary/aromatic N) is 3. The number of carbonyl (C=O) groups excluding carboxylic acids is 1. The highest BCUT2D eigenvalue weighted by Crippen LogP contribution is 2.33. The minimum atomic E-state index is -5.08. The van der Waals surface area contributed by atoms with E-state index >= 15 is 0 Å². The molecule has 13 nitrogen and oxygen atoms in total. The number of aliphatic carboxylic acids is 1. The number of carboxylic acid groups (broad SMARTS) is 1. The standard InChI is InChI=1S/C33H36N6O5.C2HF3O2/c1-4-44-32(41)25-18-39(24-12-10-23(34)11-13-24)26-15-19(8-9-20-6-5-7-27(42-2)30(20)43-3)14-21(28(26)29(25)40)16-22-17-37-33(36)38-31(22)35;3-2(4,5)1(6)7/h5-7,14-15,17-18,23-24H,4,10-13,16,34H2,1-3H3,(H4,35,36,37,38);(H,6,7). The average Bonchev–Trinajstić information content (AvgIpc) is 3.08. The van der Waals surface area contributed by atoms with Crippen molar-refractivity contribution in [3.8, 4) is 23.3 Å². The Labute approximate surface area is 290 Å². The lowest BCUT2D eigenvalue weighted by molar-refractivity contribution is -0.192. The van der Waals surface area contributed by atoms with Crippen LogP contribution < -0.4 is 32.1 Å². The van der Waals surface area contributed by atoms with Gasteiger partial charge in [0.1, 0.15) is 11.4 Å². The molecule has 0 atom stereocenters. The topological polar surface area (TPSA) is 208 Å². The maximum Gasteiger partial charge on any atom is 0.490 e. The van der Waals surface area contributed by atoms with Crippen molar-refractivity contribution in [2.24, 2.45) is 5.73 Å². The summed E-state index contributed by atoms with van der Waals surface area (Å²) in [5.41, 5.74) is 20.8. The molecule has 0 aliphatic heterocycles. The van der Waals surface area contributed by atoms with Crippen molar-refractivity contribution in [1.29, 1.82) is 0 Å². The van der Waals surface area contributed by atoms with Gasteiger partial charge in [-0.1, -0.05) is 17.9 Å². The van der Waals surface area contributed by atoms with Crippen LogP contribution >= 0.6 is 0 Å². The summed E-state index contributed by atoms with van der Waals surface area (Å²) in [6, 6.07) is 9.32.